The molecule has 2 aliphatic heterocycles. The van der Waals surface area contributed by atoms with Crippen molar-refractivity contribution in [2.24, 2.45) is 0 Å². The van der Waals surface area contributed by atoms with Gasteiger partial charge in [-0.15, -0.1) is 0 Å². The van der Waals surface area contributed by atoms with Crippen LogP contribution in [0.4, 0.5) is 13.2 Å². The van der Waals surface area contributed by atoms with Gasteiger partial charge in [-0.05, 0) is 42.5 Å². The van der Waals surface area contributed by atoms with E-state index in [1.54, 1.807) is 11.0 Å². The summed E-state index contributed by atoms with van der Waals surface area (Å²) in [5, 5.41) is 12.7. The summed E-state index contributed by atoms with van der Waals surface area (Å²) in [6.07, 6.45) is -3.52. The zero-order chi connectivity index (χ0) is 24.3. The van der Waals surface area contributed by atoms with Crippen molar-refractivity contribution in [1.29, 1.82) is 0 Å². The molecular formula is C25H28F3N3O3. The highest BCUT2D eigenvalue weighted by atomic mass is 19.4. The number of carbonyl (C=O) groups excluding carboxylic acids is 2. The second kappa shape index (κ2) is 10.1. The smallest absolute Gasteiger partial charge is 0.392 e. The van der Waals surface area contributed by atoms with Crippen LogP contribution in [0.3, 0.4) is 0 Å². The largest absolute Gasteiger partial charge is 0.416 e. The molecule has 2 fully saturated rings. The van der Waals surface area contributed by atoms with Crippen LogP contribution in [-0.2, 0) is 28.7 Å². The van der Waals surface area contributed by atoms with Crippen LogP contribution in [0.15, 0.2) is 54.6 Å². The molecular weight excluding hydrogens is 447 g/mol. The molecule has 0 unspecified atom stereocenters. The third-order valence-electron chi connectivity index (χ3n) is 6.45. The molecule has 2 aliphatic rings. The molecule has 0 spiro atoms. The highest BCUT2D eigenvalue weighted by molar-refractivity contribution is 5.89. The van der Waals surface area contributed by atoms with Gasteiger partial charge in [0.25, 0.3) is 0 Å². The Morgan fingerprint density at radius 3 is 2.50 bits per heavy atom. The van der Waals surface area contributed by atoms with Gasteiger partial charge in [-0.1, -0.05) is 42.5 Å². The molecule has 0 bridgehead atoms. The fourth-order valence-corrected chi connectivity index (χ4v) is 4.65. The number of nitrogens with zero attached hydrogens (tertiary/aromatic N) is 2. The van der Waals surface area contributed by atoms with Crippen LogP contribution in [0, 0.1) is 0 Å². The van der Waals surface area contributed by atoms with Gasteiger partial charge in [-0.3, -0.25) is 9.59 Å². The Bertz CT molecular complexity index is 1020. The van der Waals surface area contributed by atoms with Gasteiger partial charge in [0.05, 0.1) is 30.3 Å². The number of aryl methyl sites for hydroxylation is 1. The fourth-order valence-electron chi connectivity index (χ4n) is 4.65. The van der Waals surface area contributed by atoms with Gasteiger partial charge in [-0.2, -0.15) is 13.2 Å². The van der Waals surface area contributed by atoms with Gasteiger partial charge < -0.3 is 20.2 Å². The second-order valence-electron chi connectivity index (χ2n) is 8.97. The van der Waals surface area contributed by atoms with Gasteiger partial charge in [-0.25, -0.2) is 0 Å². The van der Waals surface area contributed by atoms with Gasteiger partial charge >= 0.3 is 6.18 Å². The summed E-state index contributed by atoms with van der Waals surface area (Å²) in [7, 11) is 0. The van der Waals surface area contributed by atoms with E-state index in [0.29, 0.717) is 37.9 Å². The lowest BCUT2D eigenvalue weighted by Crippen LogP contribution is -2.59. The zero-order valence-corrected chi connectivity index (χ0v) is 18.7. The molecule has 3 atom stereocenters. The second-order valence-corrected chi connectivity index (χ2v) is 8.97. The first kappa shape index (κ1) is 24.2. The average Bonchev–Trinajstić information content (AvgIpc) is 3.25. The molecule has 2 aromatic rings. The normalized spacial score (nSPS) is 23.4. The highest BCUT2D eigenvalue weighted by Crippen LogP contribution is 2.30. The minimum atomic E-state index is -4.46. The number of halogens is 3. The van der Waals surface area contributed by atoms with E-state index in [9.17, 15) is 27.9 Å². The number of piperazine rings is 1. The van der Waals surface area contributed by atoms with E-state index < -0.39 is 23.9 Å². The maximum atomic E-state index is 13.2. The SMILES string of the molecule is O=C([C@@H]1C[C@@H](O)CN1)N1CC(=O)N(Cc2cccc(C(F)(F)F)c2)[C@@H](CCc2ccccc2)C1. The van der Waals surface area contributed by atoms with Gasteiger partial charge in [0.15, 0.2) is 0 Å². The van der Waals surface area contributed by atoms with Crippen LogP contribution >= 0.6 is 0 Å². The Morgan fingerprint density at radius 2 is 1.82 bits per heavy atom. The van der Waals surface area contributed by atoms with E-state index in [2.05, 4.69) is 5.32 Å². The van der Waals surface area contributed by atoms with Crippen LogP contribution in [0.1, 0.15) is 29.5 Å². The Balaban J connectivity index is 1.52. The van der Waals surface area contributed by atoms with Crippen molar-refractivity contribution in [3.63, 3.8) is 0 Å². The lowest BCUT2D eigenvalue weighted by Gasteiger charge is -2.42. The number of β-amino-alcohol motifs (C(OH)–C–C–N with tert-alkyl or cyclic N) is 1. The van der Waals surface area contributed by atoms with Crippen LogP contribution in [0.5, 0.6) is 0 Å². The van der Waals surface area contributed by atoms with Crippen LogP contribution < -0.4 is 5.32 Å². The third kappa shape index (κ3) is 5.77. The maximum Gasteiger partial charge on any atom is 0.416 e. The minimum absolute atomic E-state index is 0.0463. The van der Waals surface area contributed by atoms with Crippen molar-refractivity contribution in [3.8, 4) is 0 Å². The molecule has 2 N–H and O–H groups in total. The quantitative estimate of drug-likeness (QED) is 0.674. The molecule has 4 rings (SSSR count). The first-order chi connectivity index (χ1) is 16.2. The number of alkyl halides is 3. The molecule has 0 aromatic heterocycles. The molecule has 0 saturated carbocycles. The van der Waals surface area contributed by atoms with Crippen molar-refractivity contribution in [1.82, 2.24) is 15.1 Å². The number of hydrogen-bond donors (Lipinski definition) is 2. The molecule has 0 radical (unpaired) electrons. The van der Waals surface area contributed by atoms with Crippen LogP contribution in [-0.4, -0.2) is 64.5 Å². The first-order valence-electron chi connectivity index (χ1n) is 11.4. The van der Waals surface area contributed by atoms with Crippen LogP contribution in [0.25, 0.3) is 0 Å². The third-order valence-corrected chi connectivity index (χ3v) is 6.45. The first-order valence-corrected chi connectivity index (χ1v) is 11.4. The van der Waals surface area contributed by atoms with Crippen molar-refractivity contribution in [2.75, 3.05) is 19.6 Å². The summed E-state index contributed by atoms with van der Waals surface area (Å²) in [5.74, 6) is -0.526. The number of benzene rings is 2. The molecule has 2 aromatic carbocycles. The highest BCUT2D eigenvalue weighted by Gasteiger charge is 2.39. The van der Waals surface area contributed by atoms with Gasteiger partial charge in [0.2, 0.25) is 11.8 Å². The van der Waals surface area contributed by atoms with Crippen molar-refractivity contribution >= 4 is 11.8 Å². The van der Waals surface area contributed by atoms with E-state index in [-0.39, 0.29) is 30.9 Å². The molecule has 6 nitrogen and oxygen atoms in total. The molecule has 2 heterocycles. The Morgan fingerprint density at radius 1 is 1.09 bits per heavy atom. The molecule has 34 heavy (non-hydrogen) atoms. The predicted molar refractivity (Wildman–Crippen MR) is 120 cm³/mol. The van der Waals surface area contributed by atoms with Crippen molar-refractivity contribution in [3.05, 3.63) is 71.3 Å². The van der Waals surface area contributed by atoms with Gasteiger partial charge in [0, 0.05) is 19.6 Å². The maximum absolute atomic E-state index is 13.2. The number of nitrogens with one attached hydrogen (secondary N) is 1. The summed E-state index contributed by atoms with van der Waals surface area (Å²) < 4.78 is 39.5. The monoisotopic (exact) mass is 475 g/mol. The number of aliphatic hydroxyl groups excluding tert-OH is 1. The molecule has 2 saturated heterocycles. The van der Waals surface area contributed by atoms with E-state index in [0.717, 1.165) is 17.7 Å². The molecule has 182 valence electrons. The Kier molecular flexibility index (Phi) is 7.23. The van der Waals surface area contributed by atoms with Crippen molar-refractivity contribution in [2.45, 2.75) is 50.2 Å². The zero-order valence-electron chi connectivity index (χ0n) is 18.7. The average molecular weight is 476 g/mol. The fraction of sp³-hybridized carbons (Fsp3) is 0.440. The number of amides is 2. The minimum Gasteiger partial charge on any atom is -0.392 e. The number of carbonyl (C=O) groups is 2. The number of rotatable bonds is 6. The van der Waals surface area contributed by atoms with Crippen molar-refractivity contribution < 1.29 is 27.9 Å². The summed E-state index contributed by atoms with van der Waals surface area (Å²) >= 11 is 0. The predicted octanol–water partition coefficient (Wildman–Crippen LogP) is 2.60. The summed E-state index contributed by atoms with van der Waals surface area (Å²) in [5.41, 5.74) is 0.726. The van der Waals surface area contributed by atoms with E-state index >= 15 is 0 Å². The lowest BCUT2D eigenvalue weighted by molar-refractivity contribution is -0.150. The Hall–Kier alpha value is -2.91. The van der Waals surface area contributed by atoms with Gasteiger partial charge in [0.1, 0.15) is 0 Å². The molecule has 0 aliphatic carbocycles. The number of hydrogen-bond acceptors (Lipinski definition) is 4. The lowest BCUT2D eigenvalue weighted by atomic mass is 9.99. The van der Waals surface area contributed by atoms with E-state index in [1.165, 1.54) is 11.0 Å². The molecule has 2 amide bonds. The Labute approximate surface area is 196 Å². The summed E-state index contributed by atoms with van der Waals surface area (Å²) in [6.45, 7) is 0.542. The topological polar surface area (TPSA) is 72.9 Å². The summed E-state index contributed by atoms with van der Waals surface area (Å²) in [6, 6.07) is 13.9. The van der Waals surface area contributed by atoms with E-state index in [1.807, 2.05) is 30.3 Å². The molecule has 9 heteroatoms. The standard InChI is InChI=1S/C25H28F3N3O3/c26-25(27,28)19-8-4-7-18(11-19)14-31-20(10-9-17-5-2-1-3-6-17)15-30(16-23(31)33)24(34)22-12-21(32)13-29-22/h1-8,11,20-22,29,32H,9-10,12-16H2/t20-,21+,22-/m0/s1. The van der Waals surface area contributed by atoms with Crippen LogP contribution in [0.2, 0.25) is 0 Å². The van der Waals surface area contributed by atoms with E-state index in [4.69, 9.17) is 0 Å². The number of aliphatic hydroxyl groups is 1. The summed E-state index contributed by atoms with van der Waals surface area (Å²) in [4.78, 5) is 29.2.